The number of nitrogens with zero attached hydrogens (tertiary/aromatic N) is 1. The number of methoxy groups -OCH3 is 1. The number of fused-ring (bicyclic) bond motifs is 1. The molecule has 0 amide bonds. The van der Waals surface area contributed by atoms with E-state index in [-0.39, 0.29) is 5.91 Å². The van der Waals surface area contributed by atoms with Crippen LogP contribution in [0.25, 0.3) is 10.9 Å². The Bertz CT molecular complexity index is 894. The number of halogens is 1. The van der Waals surface area contributed by atoms with Crippen molar-refractivity contribution in [3.05, 3.63) is 64.3 Å². The molecule has 3 nitrogen and oxygen atoms in total. The highest BCUT2D eigenvalue weighted by molar-refractivity contribution is 6.30. The van der Waals surface area contributed by atoms with Crippen LogP contribution in [-0.2, 0) is 6.42 Å². The van der Waals surface area contributed by atoms with Gasteiger partial charge in [0.1, 0.15) is 5.75 Å². The van der Waals surface area contributed by atoms with Gasteiger partial charge in [0.05, 0.1) is 12.6 Å². The molecule has 0 saturated carbocycles. The second kappa shape index (κ2) is 6.70. The van der Waals surface area contributed by atoms with Crippen molar-refractivity contribution >= 4 is 28.4 Å². The number of aromatic nitrogens is 1. The molecule has 4 heteroatoms. The molecule has 0 bridgehead atoms. The largest absolute Gasteiger partial charge is 0.497 e. The minimum Gasteiger partial charge on any atom is -0.497 e. The number of aryl methyl sites for hydroxylation is 1. The third-order valence-corrected chi connectivity index (χ3v) is 4.59. The Hall–Kier alpha value is -2.26. The number of ether oxygens (including phenoxy) is 1. The fourth-order valence-electron chi connectivity index (χ4n) is 3.14. The van der Waals surface area contributed by atoms with Crippen molar-refractivity contribution in [3.8, 4) is 5.75 Å². The third kappa shape index (κ3) is 2.80. The van der Waals surface area contributed by atoms with Crippen LogP contribution in [-0.4, -0.2) is 17.6 Å². The number of hydrogen-bond acceptors (Lipinski definition) is 2. The van der Waals surface area contributed by atoms with Crippen LogP contribution in [0.3, 0.4) is 0 Å². The Labute approximate surface area is 146 Å². The fraction of sp³-hybridized carbons (Fsp3) is 0.250. The van der Waals surface area contributed by atoms with Crippen LogP contribution in [0.1, 0.15) is 35.0 Å². The van der Waals surface area contributed by atoms with Crippen molar-refractivity contribution in [1.82, 2.24) is 4.57 Å². The van der Waals surface area contributed by atoms with Crippen LogP contribution >= 0.6 is 11.6 Å². The van der Waals surface area contributed by atoms with Crippen LogP contribution in [0.2, 0.25) is 5.02 Å². The SMILES string of the molecule is CCCc1c(C)n(C(=O)c2ccc(Cl)cc2)c2ccc(OC)cc12. The maximum absolute atomic E-state index is 13.1. The Morgan fingerprint density at radius 3 is 2.50 bits per heavy atom. The van der Waals surface area contributed by atoms with Gasteiger partial charge in [0.2, 0.25) is 0 Å². The molecule has 0 N–H and O–H groups in total. The van der Waals surface area contributed by atoms with E-state index in [0.717, 1.165) is 35.2 Å². The predicted molar refractivity (Wildman–Crippen MR) is 98.4 cm³/mol. The molecule has 0 unspecified atom stereocenters. The molecule has 0 fully saturated rings. The van der Waals surface area contributed by atoms with E-state index < -0.39 is 0 Å². The zero-order valence-electron chi connectivity index (χ0n) is 14.1. The average Bonchev–Trinajstić information content (AvgIpc) is 2.86. The van der Waals surface area contributed by atoms with Crippen LogP contribution in [0, 0.1) is 6.92 Å². The highest BCUT2D eigenvalue weighted by atomic mass is 35.5. The molecule has 0 aliphatic heterocycles. The molecule has 0 saturated heterocycles. The standard InChI is InChI=1S/C20H20ClNO2/c1-4-5-17-13(2)22(19-11-10-16(24-3)12-18(17)19)20(23)14-6-8-15(21)9-7-14/h6-12H,4-5H2,1-3H3. The second-order valence-corrected chi connectivity index (χ2v) is 6.28. The van der Waals surface area contributed by atoms with Crippen LogP contribution in [0.15, 0.2) is 42.5 Å². The lowest BCUT2D eigenvalue weighted by molar-refractivity contribution is 0.0963. The van der Waals surface area contributed by atoms with E-state index in [0.29, 0.717) is 10.6 Å². The Balaban J connectivity index is 2.21. The lowest BCUT2D eigenvalue weighted by atomic mass is 10.1. The smallest absolute Gasteiger partial charge is 0.262 e. The van der Waals surface area contributed by atoms with E-state index in [1.165, 1.54) is 5.56 Å². The van der Waals surface area contributed by atoms with Gasteiger partial charge < -0.3 is 4.74 Å². The summed E-state index contributed by atoms with van der Waals surface area (Å²) >= 11 is 5.94. The van der Waals surface area contributed by atoms with Gasteiger partial charge in [0.25, 0.3) is 5.91 Å². The van der Waals surface area contributed by atoms with Crippen LogP contribution in [0.5, 0.6) is 5.75 Å². The van der Waals surface area contributed by atoms with E-state index >= 15 is 0 Å². The summed E-state index contributed by atoms with van der Waals surface area (Å²) in [4.78, 5) is 13.1. The molecular weight excluding hydrogens is 322 g/mol. The molecule has 3 aromatic rings. The quantitative estimate of drug-likeness (QED) is 0.648. The van der Waals surface area contributed by atoms with Gasteiger partial charge in [-0.15, -0.1) is 0 Å². The van der Waals surface area contributed by atoms with E-state index in [2.05, 4.69) is 6.92 Å². The van der Waals surface area contributed by atoms with Gasteiger partial charge in [-0.1, -0.05) is 24.9 Å². The van der Waals surface area contributed by atoms with Gasteiger partial charge in [0.15, 0.2) is 0 Å². The van der Waals surface area contributed by atoms with E-state index in [9.17, 15) is 4.79 Å². The third-order valence-electron chi connectivity index (χ3n) is 4.34. The molecule has 0 radical (unpaired) electrons. The minimum absolute atomic E-state index is 0.0401. The first-order valence-electron chi connectivity index (χ1n) is 8.05. The minimum atomic E-state index is -0.0401. The molecule has 3 rings (SSSR count). The van der Waals surface area contributed by atoms with Gasteiger partial charge in [-0.3, -0.25) is 9.36 Å². The summed E-state index contributed by atoms with van der Waals surface area (Å²) in [6, 6.07) is 12.9. The summed E-state index contributed by atoms with van der Waals surface area (Å²) < 4.78 is 7.15. The van der Waals surface area contributed by atoms with Crippen LogP contribution in [0.4, 0.5) is 0 Å². The zero-order valence-corrected chi connectivity index (χ0v) is 14.9. The second-order valence-electron chi connectivity index (χ2n) is 5.84. The molecule has 1 aromatic heterocycles. The summed E-state index contributed by atoms with van der Waals surface area (Å²) in [5, 5.41) is 1.70. The Morgan fingerprint density at radius 2 is 1.88 bits per heavy atom. The van der Waals surface area contributed by atoms with E-state index in [4.69, 9.17) is 16.3 Å². The molecule has 1 heterocycles. The maximum atomic E-state index is 13.1. The lowest BCUT2D eigenvalue weighted by Gasteiger charge is -2.08. The average molecular weight is 342 g/mol. The van der Waals surface area contributed by atoms with Gasteiger partial charge in [-0.25, -0.2) is 0 Å². The molecule has 0 spiro atoms. The summed E-state index contributed by atoms with van der Waals surface area (Å²) in [5.41, 5.74) is 3.73. The topological polar surface area (TPSA) is 31.2 Å². The first-order chi connectivity index (χ1) is 11.6. The number of hydrogen-bond donors (Lipinski definition) is 0. The Morgan fingerprint density at radius 1 is 1.17 bits per heavy atom. The summed E-state index contributed by atoms with van der Waals surface area (Å²) in [5.74, 6) is 0.762. The van der Waals surface area contributed by atoms with Crippen LogP contribution < -0.4 is 4.74 Å². The highest BCUT2D eigenvalue weighted by Gasteiger charge is 2.19. The Kier molecular flexibility index (Phi) is 4.63. The molecule has 2 aromatic carbocycles. The van der Waals surface area contributed by atoms with Crippen molar-refractivity contribution in [2.24, 2.45) is 0 Å². The summed E-state index contributed by atoms with van der Waals surface area (Å²) in [7, 11) is 1.66. The normalized spacial score (nSPS) is 11.0. The number of carbonyl (C=O) groups excluding carboxylic acids is 1. The number of benzene rings is 2. The lowest BCUT2D eigenvalue weighted by Crippen LogP contribution is -2.13. The van der Waals surface area contributed by atoms with Gasteiger partial charge in [-0.05, 0) is 61.4 Å². The molecule has 0 atom stereocenters. The summed E-state index contributed by atoms with van der Waals surface area (Å²) in [6.45, 7) is 4.15. The predicted octanol–water partition coefficient (Wildman–Crippen LogP) is 5.25. The van der Waals surface area contributed by atoms with Crippen molar-refractivity contribution in [2.75, 3.05) is 7.11 Å². The van der Waals surface area contributed by atoms with Crippen molar-refractivity contribution < 1.29 is 9.53 Å². The summed E-state index contributed by atoms with van der Waals surface area (Å²) in [6.07, 6.45) is 1.95. The molecule has 0 aliphatic rings. The van der Waals surface area contributed by atoms with Gasteiger partial charge >= 0.3 is 0 Å². The fourth-order valence-corrected chi connectivity index (χ4v) is 3.26. The zero-order chi connectivity index (χ0) is 17.3. The van der Waals surface area contributed by atoms with Crippen molar-refractivity contribution in [2.45, 2.75) is 26.7 Å². The molecular formula is C20H20ClNO2. The first kappa shape index (κ1) is 16.6. The highest BCUT2D eigenvalue weighted by Crippen LogP contribution is 2.31. The van der Waals surface area contributed by atoms with Crippen molar-refractivity contribution in [3.63, 3.8) is 0 Å². The van der Waals surface area contributed by atoms with Gasteiger partial charge in [-0.2, -0.15) is 0 Å². The van der Waals surface area contributed by atoms with Gasteiger partial charge in [0, 0.05) is 21.7 Å². The van der Waals surface area contributed by atoms with E-state index in [1.807, 2.05) is 25.1 Å². The molecule has 0 aliphatic carbocycles. The number of rotatable bonds is 4. The van der Waals surface area contributed by atoms with E-state index in [1.54, 1.807) is 35.9 Å². The first-order valence-corrected chi connectivity index (χ1v) is 8.42. The maximum Gasteiger partial charge on any atom is 0.262 e. The van der Waals surface area contributed by atoms with Crippen molar-refractivity contribution in [1.29, 1.82) is 0 Å². The molecule has 124 valence electrons. The number of carbonyl (C=O) groups is 1. The molecule has 24 heavy (non-hydrogen) atoms. The monoisotopic (exact) mass is 341 g/mol.